The molecule has 0 saturated carbocycles. The van der Waals surface area contributed by atoms with Gasteiger partial charge in [-0.05, 0) is 18.9 Å². The van der Waals surface area contributed by atoms with E-state index in [0.29, 0.717) is 36.3 Å². The molecule has 0 aromatic carbocycles. The lowest BCUT2D eigenvalue weighted by molar-refractivity contribution is -0.129. The zero-order valence-corrected chi connectivity index (χ0v) is 10.6. The first-order valence-electron chi connectivity index (χ1n) is 5.98. The zero-order valence-electron chi connectivity index (χ0n) is 9.83. The predicted octanol–water partition coefficient (Wildman–Crippen LogP) is 1.90. The van der Waals surface area contributed by atoms with Gasteiger partial charge >= 0.3 is 0 Å². The van der Waals surface area contributed by atoms with Gasteiger partial charge in [0.15, 0.2) is 0 Å². The average Bonchev–Trinajstić information content (AvgIpc) is 2.50. The van der Waals surface area contributed by atoms with Crippen molar-refractivity contribution in [1.29, 1.82) is 0 Å². The second kappa shape index (κ2) is 4.40. The average molecular weight is 268 g/mol. The minimum absolute atomic E-state index is 0.0288. The molecule has 1 saturated heterocycles. The van der Waals surface area contributed by atoms with Crippen molar-refractivity contribution in [2.45, 2.75) is 12.8 Å². The van der Waals surface area contributed by atoms with Crippen LogP contribution < -0.4 is 10.6 Å². The Balaban J connectivity index is 1.92. The molecule has 0 atom stereocenters. The Morgan fingerprint density at radius 1 is 1.39 bits per heavy atom. The second-order valence-electron chi connectivity index (χ2n) is 4.75. The molecule has 18 heavy (non-hydrogen) atoms. The molecule has 2 N–H and O–H groups in total. The van der Waals surface area contributed by atoms with Crippen LogP contribution in [-0.4, -0.2) is 30.6 Å². The van der Waals surface area contributed by atoms with Gasteiger partial charge in [-0.2, -0.15) is 0 Å². The van der Waals surface area contributed by atoms with Crippen LogP contribution in [0.1, 0.15) is 12.8 Å². The van der Waals surface area contributed by atoms with Crippen LogP contribution >= 0.6 is 11.6 Å². The molecule has 1 amide bonds. The number of hydrogen-bond acceptors (Lipinski definition) is 4. The zero-order chi connectivity index (χ0) is 12.6. The Morgan fingerprint density at radius 3 is 2.94 bits per heavy atom. The van der Waals surface area contributed by atoms with Gasteiger partial charge in [-0.1, -0.05) is 11.6 Å². The number of fused-ring (bicyclic) bond motifs is 1. The van der Waals surface area contributed by atoms with E-state index in [1.54, 1.807) is 12.3 Å². The summed E-state index contributed by atoms with van der Waals surface area (Å²) in [6.45, 7) is 1.84. The number of nitrogens with zero attached hydrogens (tertiary/aromatic N) is 1. The third-order valence-electron chi connectivity index (χ3n) is 3.63. The lowest BCUT2D eigenvalue weighted by atomic mass is 9.79. The topological polar surface area (TPSA) is 63.2 Å². The predicted molar refractivity (Wildman–Crippen MR) is 68.9 cm³/mol. The molecule has 6 heteroatoms. The lowest BCUT2D eigenvalue weighted by Gasteiger charge is -2.34. The summed E-state index contributed by atoms with van der Waals surface area (Å²) in [5.74, 6) is 0.706. The number of nitrogens with one attached hydrogen (secondary N) is 2. The van der Waals surface area contributed by atoms with Crippen LogP contribution in [0.4, 0.5) is 11.5 Å². The Bertz CT molecular complexity index is 486. The normalized spacial score (nSPS) is 21.7. The number of carbonyl (C=O) groups excluding carboxylic acids is 1. The molecule has 3 rings (SSSR count). The first-order chi connectivity index (χ1) is 8.70. The summed E-state index contributed by atoms with van der Waals surface area (Å²) < 4.78 is 5.34. The molecule has 2 aliphatic heterocycles. The van der Waals surface area contributed by atoms with Crippen LogP contribution in [0.15, 0.2) is 12.3 Å². The number of amides is 1. The highest BCUT2D eigenvalue weighted by atomic mass is 35.5. The Morgan fingerprint density at radius 2 is 2.17 bits per heavy atom. The van der Waals surface area contributed by atoms with E-state index in [0.717, 1.165) is 12.8 Å². The minimum Gasteiger partial charge on any atom is -0.381 e. The van der Waals surface area contributed by atoms with Crippen molar-refractivity contribution in [3.05, 3.63) is 17.3 Å². The molecule has 1 spiro atoms. The standard InChI is InChI=1S/C12H14ClN3O2/c13-8-5-9-10(14-6-8)15-7-12(11(17)16-9)1-3-18-4-2-12/h5-6H,1-4,7H2,(H,14,15)(H,16,17). The molecular formula is C12H14ClN3O2. The minimum atomic E-state index is -0.397. The second-order valence-corrected chi connectivity index (χ2v) is 5.19. The van der Waals surface area contributed by atoms with Crippen LogP contribution in [-0.2, 0) is 9.53 Å². The quantitative estimate of drug-likeness (QED) is 0.754. The first kappa shape index (κ1) is 11.7. The van der Waals surface area contributed by atoms with E-state index in [9.17, 15) is 4.79 Å². The number of hydrogen-bond donors (Lipinski definition) is 2. The molecule has 0 aliphatic carbocycles. The van der Waals surface area contributed by atoms with E-state index in [4.69, 9.17) is 16.3 Å². The van der Waals surface area contributed by atoms with Crippen LogP contribution in [0.2, 0.25) is 5.02 Å². The molecule has 3 heterocycles. The summed E-state index contributed by atoms with van der Waals surface area (Å²) in [6, 6.07) is 1.72. The van der Waals surface area contributed by atoms with Gasteiger partial charge in [0.2, 0.25) is 5.91 Å². The van der Waals surface area contributed by atoms with Crippen molar-refractivity contribution in [3.63, 3.8) is 0 Å². The number of anilines is 2. The van der Waals surface area contributed by atoms with Crippen molar-refractivity contribution < 1.29 is 9.53 Å². The number of carbonyl (C=O) groups is 1. The summed E-state index contributed by atoms with van der Waals surface area (Å²) in [6.07, 6.45) is 3.03. The Labute approximate surface area is 110 Å². The van der Waals surface area contributed by atoms with Gasteiger partial charge in [0, 0.05) is 26.0 Å². The SMILES string of the molecule is O=C1Nc2cc(Cl)cnc2NCC12CCOCC2. The van der Waals surface area contributed by atoms with Crippen molar-refractivity contribution in [2.24, 2.45) is 5.41 Å². The number of aromatic nitrogens is 1. The van der Waals surface area contributed by atoms with Gasteiger partial charge in [-0.3, -0.25) is 4.79 Å². The highest BCUT2D eigenvalue weighted by Crippen LogP contribution is 2.36. The molecule has 0 radical (unpaired) electrons. The summed E-state index contributed by atoms with van der Waals surface area (Å²) >= 11 is 5.89. The maximum Gasteiger partial charge on any atom is 0.232 e. The van der Waals surface area contributed by atoms with Gasteiger partial charge < -0.3 is 15.4 Å². The highest BCUT2D eigenvalue weighted by molar-refractivity contribution is 6.31. The van der Waals surface area contributed by atoms with E-state index in [1.165, 1.54) is 0 Å². The molecule has 0 unspecified atom stereocenters. The Hall–Kier alpha value is -1.33. The van der Waals surface area contributed by atoms with E-state index >= 15 is 0 Å². The third-order valence-corrected chi connectivity index (χ3v) is 3.84. The lowest BCUT2D eigenvalue weighted by Crippen LogP contribution is -2.44. The van der Waals surface area contributed by atoms with Crippen molar-refractivity contribution >= 4 is 29.0 Å². The molecule has 2 aliphatic rings. The van der Waals surface area contributed by atoms with Crippen LogP contribution in [0.25, 0.3) is 0 Å². The summed E-state index contributed by atoms with van der Waals surface area (Å²) in [4.78, 5) is 16.6. The summed E-state index contributed by atoms with van der Waals surface area (Å²) in [5, 5.41) is 6.67. The molecule has 0 bridgehead atoms. The maximum absolute atomic E-state index is 12.4. The van der Waals surface area contributed by atoms with E-state index < -0.39 is 5.41 Å². The molecule has 1 aromatic heterocycles. The molecular weight excluding hydrogens is 254 g/mol. The van der Waals surface area contributed by atoms with Crippen LogP contribution in [0, 0.1) is 5.41 Å². The fourth-order valence-electron chi connectivity index (χ4n) is 2.43. The van der Waals surface area contributed by atoms with Crippen molar-refractivity contribution in [3.8, 4) is 0 Å². The van der Waals surface area contributed by atoms with E-state index in [-0.39, 0.29) is 5.91 Å². The summed E-state index contributed by atoms with van der Waals surface area (Å²) in [7, 11) is 0. The van der Waals surface area contributed by atoms with Gasteiger partial charge in [-0.15, -0.1) is 0 Å². The number of ether oxygens (including phenoxy) is 1. The monoisotopic (exact) mass is 267 g/mol. The fraction of sp³-hybridized carbons (Fsp3) is 0.500. The van der Waals surface area contributed by atoms with Crippen molar-refractivity contribution in [2.75, 3.05) is 30.4 Å². The molecule has 5 nitrogen and oxygen atoms in total. The number of halogens is 1. The smallest absolute Gasteiger partial charge is 0.232 e. The molecule has 96 valence electrons. The Kier molecular flexibility index (Phi) is 2.87. The van der Waals surface area contributed by atoms with Gasteiger partial charge in [0.05, 0.1) is 16.1 Å². The highest BCUT2D eigenvalue weighted by Gasteiger charge is 2.41. The summed E-state index contributed by atoms with van der Waals surface area (Å²) in [5.41, 5.74) is 0.252. The van der Waals surface area contributed by atoms with E-state index in [2.05, 4.69) is 15.6 Å². The van der Waals surface area contributed by atoms with Crippen LogP contribution in [0.5, 0.6) is 0 Å². The van der Waals surface area contributed by atoms with E-state index in [1.807, 2.05) is 0 Å². The van der Waals surface area contributed by atoms with Gasteiger partial charge in [0.25, 0.3) is 0 Å². The fourth-order valence-corrected chi connectivity index (χ4v) is 2.59. The van der Waals surface area contributed by atoms with Gasteiger partial charge in [0.1, 0.15) is 5.82 Å². The number of rotatable bonds is 0. The molecule has 1 fully saturated rings. The van der Waals surface area contributed by atoms with Crippen LogP contribution in [0.3, 0.4) is 0 Å². The molecule has 1 aromatic rings. The first-order valence-corrected chi connectivity index (χ1v) is 6.36. The maximum atomic E-state index is 12.4. The number of pyridine rings is 1. The van der Waals surface area contributed by atoms with Gasteiger partial charge in [-0.25, -0.2) is 4.98 Å². The van der Waals surface area contributed by atoms with Crippen molar-refractivity contribution in [1.82, 2.24) is 4.98 Å². The third kappa shape index (κ3) is 1.93. The largest absolute Gasteiger partial charge is 0.381 e.